The molecule has 0 aliphatic rings. The Hall–Kier alpha value is -2.76. The summed E-state index contributed by atoms with van der Waals surface area (Å²) in [6, 6.07) is 24.2. The molecule has 3 aromatic carbocycles. The average molecular weight is 378 g/mol. The molecule has 3 aromatic rings. The lowest BCUT2D eigenvalue weighted by molar-refractivity contribution is -0.117. The number of hydrogen-bond donors (Lipinski definition) is 3. The van der Waals surface area contributed by atoms with Crippen molar-refractivity contribution in [2.45, 2.75) is 23.1 Å². The summed E-state index contributed by atoms with van der Waals surface area (Å²) in [4.78, 5) is 13.1. The van der Waals surface area contributed by atoms with E-state index in [4.69, 9.17) is 5.73 Å². The van der Waals surface area contributed by atoms with Gasteiger partial charge in [0.2, 0.25) is 5.91 Å². The number of nitrogens with two attached hydrogens (primary N) is 1. The Morgan fingerprint density at radius 2 is 1.59 bits per heavy atom. The van der Waals surface area contributed by atoms with Gasteiger partial charge < -0.3 is 16.2 Å². The van der Waals surface area contributed by atoms with E-state index in [2.05, 4.69) is 5.32 Å². The van der Waals surface area contributed by atoms with Crippen LogP contribution in [0.5, 0.6) is 5.75 Å². The Labute approximate surface area is 163 Å². The van der Waals surface area contributed by atoms with Crippen molar-refractivity contribution in [2.75, 3.05) is 5.32 Å². The summed E-state index contributed by atoms with van der Waals surface area (Å²) in [6.07, 6.45) is 0.462. The third-order valence-corrected chi connectivity index (χ3v) is 5.23. The first kappa shape index (κ1) is 19.0. The molecular weight excluding hydrogens is 356 g/mol. The maximum absolute atomic E-state index is 12.3. The number of aromatic hydroxyl groups is 1. The minimum absolute atomic E-state index is 0.144. The number of anilines is 1. The number of benzene rings is 3. The summed E-state index contributed by atoms with van der Waals surface area (Å²) in [5, 5.41) is 13.0. The smallest absolute Gasteiger partial charge is 0.241 e. The van der Waals surface area contributed by atoms with Gasteiger partial charge in [0, 0.05) is 22.4 Å². The summed E-state index contributed by atoms with van der Waals surface area (Å²) in [5.41, 5.74) is 8.73. The highest BCUT2D eigenvalue weighted by atomic mass is 32.2. The molecule has 0 radical (unpaired) electrons. The summed E-state index contributed by atoms with van der Waals surface area (Å²) in [5.74, 6) is 0.635. The molecular formula is C22H22N2O2S. The molecule has 1 atom stereocenters. The molecule has 3 rings (SSSR count). The largest absolute Gasteiger partial charge is 0.507 e. The minimum atomic E-state index is -0.651. The zero-order valence-electron chi connectivity index (χ0n) is 14.8. The summed E-state index contributed by atoms with van der Waals surface area (Å²) in [7, 11) is 0. The Morgan fingerprint density at radius 1 is 0.963 bits per heavy atom. The van der Waals surface area contributed by atoms with Crippen LogP contribution in [-0.4, -0.2) is 17.1 Å². The van der Waals surface area contributed by atoms with Crippen molar-refractivity contribution in [3.8, 4) is 5.75 Å². The lowest BCUT2D eigenvalue weighted by atomic mass is 10.1. The van der Waals surface area contributed by atoms with Crippen LogP contribution in [0.3, 0.4) is 0 Å². The van der Waals surface area contributed by atoms with Gasteiger partial charge in [0.15, 0.2) is 0 Å². The molecule has 0 aliphatic heterocycles. The highest BCUT2D eigenvalue weighted by Crippen LogP contribution is 2.33. The van der Waals surface area contributed by atoms with Crippen molar-refractivity contribution in [3.63, 3.8) is 0 Å². The normalized spacial score (nSPS) is 11.7. The molecule has 0 bridgehead atoms. The quantitative estimate of drug-likeness (QED) is 0.539. The molecule has 0 spiro atoms. The molecule has 4 nitrogen and oxygen atoms in total. The van der Waals surface area contributed by atoms with Gasteiger partial charge in [-0.15, -0.1) is 11.8 Å². The van der Waals surface area contributed by atoms with Gasteiger partial charge in [-0.2, -0.15) is 0 Å². The van der Waals surface area contributed by atoms with Crippen LogP contribution >= 0.6 is 11.8 Å². The van der Waals surface area contributed by atoms with E-state index in [1.807, 2.05) is 60.7 Å². The molecule has 27 heavy (non-hydrogen) atoms. The predicted molar refractivity (Wildman–Crippen MR) is 111 cm³/mol. The first-order valence-corrected chi connectivity index (χ1v) is 9.70. The van der Waals surface area contributed by atoms with Crippen molar-refractivity contribution >= 4 is 23.4 Å². The third kappa shape index (κ3) is 5.61. The van der Waals surface area contributed by atoms with Crippen molar-refractivity contribution in [1.82, 2.24) is 0 Å². The number of thioether (sulfide) groups is 1. The maximum atomic E-state index is 12.3. The van der Waals surface area contributed by atoms with Crippen LogP contribution < -0.4 is 11.1 Å². The van der Waals surface area contributed by atoms with Crippen molar-refractivity contribution in [2.24, 2.45) is 5.73 Å². The van der Waals surface area contributed by atoms with Crippen molar-refractivity contribution in [1.29, 1.82) is 0 Å². The Balaban J connectivity index is 1.57. The molecule has 0 fully saturated rings. The van der Waals surface area contributed by atoms with Crippen LogP contribution in [0, 0.1) is 0 Å². The van der Waals surface area contributed by atoms with E-state index in [-0.39, 0.29) is 11.7 Å². The standard InChI is InChI=1S/C22H22N2O2S/c23-19(13-16-7-3-1-4-8-16)22(26)24-18-11-12-21(20(25)14-18)27-15-17-9-5-2-6-10-17/h1-12,14,19,25H,13,15,23H2,(H,24,26)/t19-/m0/s1. The fraction of sp³-hybridized carbons (Fsp3) is 0.136. The van der Waals surface area contributed by atoms with E-state index in [0.29, 0.717) is 12.1 Å². The van der Waals surface area contributed by atoms with Crippen LogP contribution in [-0.2, 0) is 17.0 Å². The summed E-state index contributed by atoms with van der Waals surface area (Å²) < 4.78 is 0. The lowest BCUT2D eigenvalue weighted by Crippen LogP contribution is -2.37. The minimum Gasteiger partial charge on any atom is -0.507 e. The first-order chi connectivity index (χ1) is 13.1. The van der Waals surface area contributed by atoms with E-state index in [1.165, 1.54) is 5.56 Å². The zero-order chi connectivity index (χ0) is 19.1. The van der Waals surface area contributed by atoms with Crippen LogP contribution in [0.4, 0.5) is 5.69 Å². The van der Waals surface area contributed by atoms with Crippen molar-refractivity contribution < 1.29 is 9.90 Å². The van der Waals surface area contributed by atoms with Gasteiger partial charge in [-0.1, -0.05) is 60.7 Å². The topological polar surface area (TPSA) is 75.4 Å². The van der Waals surface area contributed by atoms with E-state index in [0.717, 1.165) is 16.2 Å². The zero-order valence-corrected chi connectivity index (χ0v) is 15.7. The molecule has 5 heteroatoms. The molecule has 138 valence electrons. The predicted octanol–water partition coefficient (Wildman–Crippen LogP) is 4.19. The van der Waals surface area contributed by atoms with Gasteiger partial charge in [-0.3, -0.25) is 4.79 Å². The summed E-state index contributed by atoms with van der Waals surface area (Å²) >= 11 is 1.55. The second-order valence-electron chi connectivity index (χ2n) is 6.24. The number of carbonyl (C=O) groups is 1. The fourth-order valence-corrected chi connectivity index (χ4v) is 3.53. The molecule has 0 aliphatic carbocycles. The van der Waals surface area contributed by atoms with Gasteiger partial charge >= 0.3 is 0 Å². The maximum Gasteiger partial charge on any atom is 0.241 e. The van der Waals surface area contributed by atoms with Crippen LogP contribution in [0.1, 0.15) is 11.1 Å². The van der Waals surface area contributed by atoms with Gasteiger partial charge in [0.25, 0.3) is 0 Å². The van der Waals surface area contributed by atoms with E-state index < -0.39 is 6.04 Å². The van der Waals surface area contributed by atoms with E-state index in [1.54, 1.807) is 30.0 Å². The Bertz CT molecular complexity index is 885. The van der Waals surface area contributed by atoms with Crippen LogP contribution in [0.15, 0.2) is 83.8 Å². The second kappa shape index (κ2) is 9.26. The number of hydrogen-bond acceptors (Lipinski definition) is 4. The summed E-state index contributed by atoms with van der Waals surface area (Å²) in [6.45, 7) is 0. The molecule has 0 unspecified atom stereocenters. The molecule has 1 amide bonds. The Kier molecular flexibility index (Phi) is 6.52. The third-order valence-electron chi connectivity index (χ3n) is 4.10. The number of rotatable bonds is 7. The molecule has 0 saturated heterocycles. The second-order valence-corrected chi connectivity index (χ2v) is 7.26. The van der Waals surface area contributed by atoms with E-state index in [9.17, 15) is 9.90 Å². The molecule has 0 heterocycles. The number of phenolic OH excluding ortho intramolecular Hbond substituents is 1. The highest BCUT2D eigenvalue weighted by molar-refractivity contribution is 7.98. The molecule has 0 saturated carbocycles. The van der Waals surface area contributed by atoms with Crippen LogP contribution in [0.2, 0.25) is 0 Å². The Morgan fingerprint density at radius 3 is 2.22 bits per heavy atom. The van der Waals surface area contributed by atoms with Gasteiger partial charge in [-0.25, -0.2) is 0 Å². The first-order valence-electron chi connectivity index (χ1n) is 8.72. The number of carbonyl (C=O) groups excluding carboxylic acids is 1. The van der Waals surface area contributed by atoms with Gasteiger partial charge in [-0.05, 0) is 29.7 Å². The number of amides is 1. The highest BCUT2D eigenvalue weighted by Gasteiger charge is 2.15. The molecule has 0 aromatic heterocycles. The average Bonchev–Trinajstić information content (AvgIpc) is 2.69. The van der Waals surface area contributed by atoms with Crippen LogP contribution in [0.25, 0.3) is 0 Å². The monoisotopic (exact) mass is 378 g/mol. The van der Waals surface area contributed by atoms with E-state index >= 15 is 0 Å². The number of nitrogens with one attached hydrogen (secondary N) is 1. The van der Waals surface area contributed by atoms with Crippen molar-refractivity contribution in [3.05, 3.63) is 90.0 Å². The number of phenols is 1. The van der Waals surface area contributed by atoms with Gasteiger partial charge in [0.1, 0.15) is 5.75 Å². The fourth-order valence-electron chi connectivity index (χ4n) is 2.65. The lowest BCUT2D eigenvalue weighted by Gasteiger charge is -2.13. The SMILES string of the molecule is N[C@@H](Cc1ccccc1)C(=O)Nc1ccc(SCc2ccccc2)c(O)c1. The molecule has 4 N–H and O–H groups in total. The van der Waals surface area contributed by atoms with Gasteiger partial charge in [0.05, 0.1) is 6.04 Å².